The molecule has 4 aromatic carbocycles. The van der Waals surface area contributed by atoms with Crippen molar-refractivity contribution in [2.45, 2.75) is 26.7 Å². The van der Waals surface area contributed by atoms with Crippen LogP contribution < -0.4 is 9.47 Å². The van der Waals surface area contributed by atoms with Crippen molar-refractivity contribution in [2.75, 3.05) is 6.61 Å². The van der Waals surface area contributed by atoms with Crippen molar-refractivity contribution in [3.05, 3.63) is 107 Å². The topological polar surface area (TPSA) is 35.5 Å². The van der Waals surface area contributed by atoms with Crippen LogP contribution in [0.3, 0.4) is 0 Å². The Morgan fingerprint density at radius 3 is 1.84 bits per heavy atom. The van der Waals surface area contributed by atoms with Crippen molar-refractivity contribution < 1.29 is 31.8 Å². The number of benzene rings is 4. The Morgan fingerprint density at radius 2 is 1.27 bits per heavy atom. The third-order valence-corrected chi connectivity index (χ3v) is 5.84. The number of unbranched alkanes of at least 4 members (excludes halogenated alkanes) is 1. The van der Waals surface area contributed by atoms with Crippen LogP contribution in [-0.4, -0.2) is 12.6 Å². The van der Waals surface area contributed by atoms with Gasteiger partial charge in [0.2, 0.25) is 5.82 Å². The summed E-state index contributed by atoms with van der Waals surface area (Å²) in [6, 6.07) is 17.9. The molecule has 190 valence electrons. The maximum atomic E-state index is 14.9. The molecule has 4 aromatic rings. The Bertz CT molecular complexity index is 1410. The molecule has 7 heteroatoms. The van der Waals surface area contributed by atoms with Crippen LogP contribution in [0.15, 0.2) is 72.8 Å². The van der Waals surface area contributed by atoms with Gasteiger partial charge in [0.25, 0.3) is 0 Å². The summed E-state index contributed by atoms with van der Waals surface area (Å²) in [6.07, 6.45) is 1.50. The van der Waals surface area contributed by atoms with Crippen LogP contribution in [0, 0.1) is 30.2 Å². The van der Waals surface area contributed by atoms with Crippen molar-refractivity contribution in [3.8, 4) is 33.8 Å². The molecule has 0 radical (unpaired) electrons. The van der Waals surface area contributed by atoms with Crippen LogP contribution in [0.5, 0.6) is 11.5 Å². The van der Waals surface area contributed by atoms with Crippen LogP contribution in [0.4, 0.5) is 17.6 Å². The van der Waals surface area contributed by atoms with Crippen LogP contribution in [-0.2, 0) is 0 Å². The molecule has 0 aliphatic carbocycles. The molecular formula is C30H24F4O3. The van der Waals surface area contributed by atoms with E-state index in [0.29, 0.717) is 17.5 Å². The third-order valence-electron chi connectivity index (χ3n) is 5.84. The van der Waals surface area contributed by atoms with Gasteiger partial charge in [-0.25, -0.2) is 18.0 Å². The second-order valence-electron chi connectivity index (χ2n) is 8.51. The maximum Gasteiger partial charge on any atom is 0.346 e. The van der Waals surface area contributed by atoms with Crippen LogP contribution in [0.2, 0.25) is 0 Å². The fourth-order valence-corrected chi connectivity index (χ4v) is 3.72. The molecule has 0 saturated carbocycles. The molecule has 37 heavy (non-hydrogen) atoms. The number of halogens is 4. The van der Waals surface area contributed by atoms with E-state index in [1.807, 2.05) is 26.0 Å². The van der Waals surface area contributed by atoms with E-state index in [1.165, 1.54) is 42.5 Å². The summed E-state index contributed by atoms with van der Waals surface area (Å²) in [6.45, 7) is 4.06. The van der Waals surface area contributed by atoms with Crippen molar-refractivity contribution in [3.63, 3.8) is 0 Å². The SMILES string of the molecule is CCCCOc1ccc(C(=O)Oc2ccc(-c3ccc(-c4ccc(C)cc4)c(F)c3F)cc2)c(F)c1F. The first-order valence-electron chi connectivity index (χ1n) is 11.8. The molecule has 0 fully saturated rings. The normalized spacial score (nSPS) is 10.9. The molecule has 0 heterocycles. The van der Waals surface area contributed by atoms with Crippen LogP contribution >= 0.6 is 0 Å². The Morgan fingerprint density at radius 1 is 0.703 bits per heavy atom. The van der Waals surface area contributed by atoms with Crippen LogP contribution in [0.1, 0.15) is 35.7 Å². The highest BCUT2D eigenvalue weighted by Crippen LogP contribution is 2.32. The van der Waals surface area contributed by atoms with E-state index in [0.717, 1.165) is 18.1 Å². The fourth-order valence-electron chi connectivity index (χ4n) is 3.72. The number of hydrogen-bond donors (Lipinski definition) is 0. The zero-order chi connectivity index (χ0) is 26.5. The number of rotatable bonds is 8. The van der Waals surface area contributed by atoms with Crippen LogP contribution in [0.25, 0.3) is 22.3 Å². The third kappa shape index (κ3) is 5.66. The number of carbonyl (C=O) groups is 1. The number of aryl methyl sites for hydroxylation is 1. The predicted molar refractivity (Wildman–Crippen MR) is 134 cm³/mol. The lowest BCUT2D eigenvalue weighted by molar-refractivity contribution is 0.0728. The second-order valence-corrected chi connectivity index (χ2v) is 8.51. The number of hydrogen-bond acceptors (Lipinski definition) is 3. The van der Waals surface area contributed by atoms with E-state index in [9.17, 15) is 22.4 Å². The highest BCUT2D eigenvalue weighted by molar-refractivity contribution is 5.91. The summed E-state index contributed by atoms with van der Waals surface area (Å²) in [7, 11) is 0. The van der Waals surface area contributed by atoms with Gasteiger partial charge in [-0.3, -0.25) is 0 Å². The average molecular weight is 509 g/mol. The van der Waals surface area contributed by atoms with Gasteiger partial charge in [-0.05, 0) is 48.7 Å². The maximum absolute atomic E-state index is 14.9. The molecule has 0 aliphatic heterocycles. The Balaban J connectivity index is 1.50. The van der Waals surface area contributed by atoms with Gasteiger partial charge >= 0.3 is 5.97 Å². The first-order chi connectivity index (χ1) is 17.8. The van der Waals surface area contributed by atoms with E-state index in [2.05, 4.69) is 0 Å². The zero-order valence-electron chi connectivity index (χ0n) is 20.3. The minimum atomic E-state index is -1.37. The molecule has 0 amide bonds. The van der Waals surface area contributed by atoms with Gasteiger partial charge < -0.3 is 9.47 Å². The monoisotopic (exact) mass is 508 g/mol. The summed E-state index contributed by atoms with van der Waals surface area (Å²) in [5, 5.41) is 0. The zero-order valence-corrected chi connectivity index (χ0v) is 20.3. The summed E-state index contributed by atoms with van der Waals surface area (Å²) >= 11 is 0. The summed E-state index contributed by atoms with van der Waals surface area (Å²) in [4.78, 5) is 12.4. The van der Waals surface area contributed by atoms with E-state index in [-0.39, 0.29) is 29.2 Å². The summed E-state index contributed by atoms with van der Waals surface area (Å²) < 4.78 is 68.8. The minimum Gasteiger partial charge on any atom is -0.490 e. The van der Waals surface area contributed by atoms with Gasteiger partial charge in [-0.1, -0.05) is 67.4 Å². The lowest BCUT2D eigenvalue weighted by Crippen LogP contribution is -2.12. The average Bonchev–Trinajstić information content (AvgIpc) is 2.89. The Hall–Kier alpha value is -4.13. The van der Waals surface area contributed by atoms with E-state index >= 15 is 0 Å². The summed E-state index contributed by atoms with van der Waals surface area (Å²) in [5.74, 6) is -6.00. The van der Waals surface area contributed by atoms with Gasteiger partial charge in [-0.15, -0.1) is 0 Å². The molecule has 0 saturated heterocycles. The molecule has 0 N–H and O–H groups in total. The lowest BCUT2D eigenvalue weighted by Gasteiger charge is -2.11. The van der Waals surface area contributed by atoms with E-state index in [1.54, 1.807) is 12.1 Å². The Labute approximate surface area is 212 Å². The lowest BCUT2D eigenvalue weighted by atomic mass is 9.98. The molecule has 0 aromatic heterocycles. The van der Waals surface area contributed by atoms with E-state index < -0.39 is 34.8 Å². The number of ether oxygens (including phenoxy) is 2. The van der Waals surface area contributed by atoms with Crippen molar-refractivity contribution in [1.29, 1.82) is 0 Å². The molecule has 0 spiro atoms. The predicted octanol–water partition coefficient (Wildman–Crippen LogP) is 8.28. The second kappa shape index (κ2) is 11.3. The number of esters is 1. The van der Waals surface area contributed by atoms with Gasteiger partial charge in [0.1, 0.15) is 5.75 Å². The molecule has 4 rings (SSSR count). The van der Waals surface area contributed by atoms with Gasteiger partial charge in [0.05, 0.1) is 12.2 Å². The molecule has 0 unspecified atom stereocenters. The molecular weight excluding hydrogens is 484 g/mol. The molecule has 3 nitrogen and oxygen atoms in total. The number of carbonyl (C=O) groups excluding carboxylic acids is 1. The standard InChI is InChI=1S/C30H24F4O3/c1-3-4-17-36-25-16-15-24(28(33)29(25)34)30(35)37-21-11-9-20(10-12-21)23-14-13-22(26(31)27(23)32)19-7-5-18(2)6-8-19/h5-16H,3-4,17H2,1-2H3. The largest absolute Gasteiger partial charge is 0.490 e. The van der Waals surface area contributed by atoms with E-state index in [4.69, 9.17) is 9.47 Å². The van der Waals surface area contributed by atoms with Crippen molar-refractivity contribution in [1.82, 2.24) is 0 Å². The smallest absolute Gasteiger partial charge is 0.346 e. The first-order valence-corrected chi connectivity index (χ1v) is 11.8. The van der Waals surface area contributed by atoms with Crippen molar-refractivity contribution in [2.24, 2.45) is 0 Å². The molecule has 0 atom stereocenters. The van der Waals surface area contributed by atoms with Gasteiger partial charge in [-0.2, -0.15) is 4.39 Å². The highest BCUT2D eigenvalue weighted by atomic mass is 19.2. The summed E-state index contributed by atoms with van der Waals surface area (Å²) in [5.41, 5.74) is 1.48. The minimum absolute atomic E-state index is 0.0222. The first kappa shape index (κ1) is 25.9. The fraction of sp³-hybridized carbons (Fsp3) is 0.167. The molecule has 0 bridgehead atoms. The van der Waals surface area contributed by atoms with Gasteiger partial charge in [0.15, 0.2) is 23.2 Å². The Kier molecular flexibility index (Phi) is 7.92. The van der Waals surface area contributed by atoms with Crippen molar-refractivity contribution >= 4 is 5.97 Å². The van der Waals surface area contributed by atoms with Gasteiger partial charge in [0, 0.05) is 11.1 Å². The highest BCUT2D eigenvalue weighted by Gasteiger charge is 2.22. The molecule has 0 aliphatic rings. The quantitative estimate of drug-likeness (QED) is 0.104.